The number of thioether (sulfide) groups is 1. The number of benzene rings is 1. The van der Waals surface area contributed by atoms with Crippen LogP contribution in [0.1, 0.15) is 15.9 Å². The van der Waals surface area contributed by atoms with Gasteiger partial charge in [0.2, 0.25) is 0 Å². The summed E-state index contributed by atoms with van der Waals surface area (Å²) in [6, 6.07) is 3.10. The van der Waals surface area contributed by atoms with Gasteiger partial charge in [0.05, 0.1) is 5.56 Å². The van der Waals surface area contributed by atoms with Gasteiger partial charge in [-0.25, -0.2) is 4.79 Å². The summed E-state index contributed by atoms with van der Waals surface area (Å²) in [7, 11) is 0. The SMILES string of the molecule is CSc1cc(C(=O)O)cc(Cl)c1C. The standard InChI is InChI=1S/C9H9ClO2S/c1-5-7(10)3-6(9(11)12)4-8(5)13-2/h3-4H,1-2H3,(H,11,12). The molecular formula is C9H9ClO2S. The van der Waals surface area contributed by atoms with E-state index in [-0.39, 0.29) is 5.56 Å². The molecule has 0 amide bonds. The van der Waals surface area contributed by atoms with Crippen LogP contribution in [0, 0.1) is 6.92 Å². The Labute approximate surface area is 85.9 Å². The van der Waals surface area contributed by atoms with Crippen LogP contribution >= 0.6 is 23.4 Å². The van der Waals surface area contributed by atoms with E-state index in [9.17, 15) is 4.79 Å². The van der Waals surface area contributed by atoms with Crippen molar-refractivity contribution in [1.29, 1.82) is 0 Å². The second-order valence-corrected chi connectivity index (χ2v) is 3.85. The molecule has 2 nitrogen and oxygen atoms in total. The number of carbonyl (C=O) groups is 1. The first-order chi connectivity index (χ1) is 6.06. The lowest BCUT2D eigenvalue weighted by atomic mass is 10.1. The highest BCUT2D eigenvalue weighted by molar-refractivity contribution is 7.98. The van der Waals surface area contributed by atoms with E-state index in [1.807, 2.05) is 13.2 Å². The summed E-state index contributed by atoms with van der Waals surface area (Å²) in [6.45, 7) is 1.87. The maximum absolute atomic E-state index is 10.7. The molecule has 0 saturated carbocycles. The number of hydrogen-bond acceptors (Lipinski definition) is 2. The average Bonchev–Trinajstić information content (AvgIpc) is 2.09. The topological polar surface area (TPSA) is 37.3 Å². The lowest BCUT2D eigenvalue weighted by Gasteiger charge is -2.05. The molecule has 0 heterocycles. The first-order valence-electron chi connectivity index (χ1n) is 3.63. The summed E-state index contributed by atoms with van der Waals surface area (Å²) in [4.78, 5) is 11.6. The molecule has 4 heteroatoms. The molecule has 1 aromatic carbocycles. The van der Waals surface area contributed by atoms with E-state index in [4.69, 9.17) is 16.7 Å². The maximum Gasteiger partial charge on any atom is 0.335 e. The Morgan fingerprint density at radius 3 is 2.62 bits per heavy atom. The molecule has 0 aromatic heterocycles. The molecule has 0 saturated heterocycles. The van der Waals surface area contributed by atoms with Crippen LogP contribution in [0.15, 0.2) is 17.0 Å². The van der Waals surface area contributed by atoms with Gasteiger partial charge in [-0.05, 0) is 30.9 Å². The molecule has 1 rings (SSSR count). The smallest absolute Gasteiger partial charge is 0.335 e. The van der Waals surface area contributed by atoms with Gasteiger partial charge in [0, 0.05) is 9.92 Å². The van der Waals surface area contributed by atoms with E-state index >= 15 is 0 Å². The van der Waals surface area contributed by atoms with Gasteiger partial charge in [0.1, 0.15) is 0 Å². The molecule has 0 atom stereocenters. The summed E-state index contributed by atoms with van der Waals surface area (Å²) in [5.74, 6) is -0.947. The largest absolute Gasteiger partial charge is 0.478 e. The van der Waals surface area contributed by atoms with Crippen molar-refractivity contribution in [1.82, 2.24) is 0 Å². The molecule has 13 heavy (non-hydrogen) atoms. The normalized spacial score (nSPS) is 10.1. The van der Waals surface area contributed by atoms with E-state index in [0.717, 1.165) is 10.5 Å². The van der Waals surface area contributed by atoms with Crippen molar-refractivity contribution in [2.24, 2.45) is 0 Å². The predicted molar refractivity (Wildman–Crippen MR) is 54.9 cm³/mol. The van der Waals surface area contributed by atoms with E-state index in [1.54, 1.807) is 6.07 Å². The molecule has 0 spiro atoms. The summed E-state index contributed by atoms with van der Waals surface area (Å²) < 4.78 is 0. The Morgan fingerprint density at radius 1 is 1.54 bits per heavy atom. The van der Waals surface area contributed by atoms with Crippen LogP contribution in [-0.4, -0.2) is 17.3 Å². The van der Waals surface area contributed by atoms with E-state index in [2.05, 4.69) is 0 Å². The Bertz CT molecular complexity index is 350. The van der Waals surface area contributed by atoms with Gasteiger partial charge in [-0.15, -0.1) is 11.8 Å². The van der Waals surface area contributed by atoms with Crippen LogP contribution in [0.5, 0.6) is 0 Å². The number of hydrogen-bond donors (Lipinski definition) is 1. The van der Waals surface area contributed by atoms with Crippen LogP contribution in [-0.2, 0) is 0 Å². The second-order valence-electron chi connectivity index (χ2n) is 2.59. The summed E-state index contributed by atoms with van der Waals surface area (Å²) in [5, 5.41) is 9.26. The zero-order valence-corrected chi connectivity index (χ0v) is 8.87. The minimum absolute atomic E-state index is 0.236. The van der Waals surface area contributed by atoms with Crippen molar-refractivity contribution < 1.29 is 9.90 Å². The van der Waals surface area contributed by atoms with Crippen LogP contribution in [0.2, 0.25) is 5.02 Å². The third kappa shape index (κ3) is 2.17. The van der Waals surface area contributed by atoms with Crippen molar-refractivity contribution in [3.8, 4) is 0 Å². The fourth-order valence-corrected chi connectivity index (χ4v) is 1.93. The van der Waals surface area contributed by atoms with Gasteiger partial charge in [-0.1, -0.05) is 11.6 Å². The zero-order valence-electron chi connectivity index (χ0n) is 7.30. The average molecular weight is 217 g/mol. The molecule has 70 valence electrons. The highest BCUT2D eigenvalue weighted by Gasteiger charge is 2.09. The molecule has 0 aliphatic carbocycles. The van der Waals surface area contributed by atoms with Gasteiger partial charge in [-0.2, -0.15) is 0 Å². The third-order valence-corrected chi connectivity index (χ3v) is 3.02. The summed E-state index contributed by atoms with van der Waals surface area (Å²) in [5.41, 5.74) is 1.17. The van der Waals surface area contributed by atoms with Crippen molar-refractivity contribution in [2.75, 3.05) is 6.26 Å². The van der Waals surface area contributed by atoms with Gasteiger partial charge < -0.3 is 5.11 Å². The predicted octanol–water partition coefficient (Wildman–Crippen LogP) is 3.07. The van der Waals surface area contributed by atoms with Crippen LogP contribution < -0.4 is 0 Å². The highest BCUT2D eigenvalue weighted by atomic mass is 35.5. The fourth-order valence-electron chi connectivity index (χ4n) is 0.989. The maximum atomic E-state index is 10.7. The molecule has 0 bridgehead atoms. The van der Waals surface area contributed by atoms with Crippen molar-refractivity contribution in [3.05, 3.63) is 28.3 Å². The summed E-state index contributed by atoms with van der Waals surface area (Å²) >= 11 is 7.36. The first-order valence-corrected chi connectivity index (χ1v) is 5.24. The Kier molecular flexibility index (Phi) is 3.22. The molecule has 1 N–H and O–H groups in total. The fraction of sp³-hybridized carbons (Fsp3) is 0.222. The number of carboxylic acids is 1. The van der Waals surface area contributed by atoms with Crippen LogP contribution in [0.3, 0.4) is 0 Å². The molecule has 0 radical (unpaired) electrons. The number of carboxylic acid groups (broad SMARTS) is 1. The van der Waals surface area contributed by atoms with E-state index in [1.165, 1.54) is 17.8 Å². The monoisotopic (exact) mass is 216 g/mol. The lowest BCUT2D eigenvalue weighted by Crippen LogP contribution is -1.97. The van der Waals surface area contributed by atoms with Gasteiger partial charge in [-0.3, -0.25) is 0 Å². The van der Waals surface area contributed by atoms with Crippen molar-refractivity contribution >= 4 is 29.3 Å². The molecule has 1 aromatic rings. The Hall–Kier alpha value is -0.670. The summed E-state index contributed by atoms with van der Waals surface area (Å²) in [6.07, 6.45) is 1.89. The highest BCUT2D eigenvalue weighted by Crippen LogP contribution is 2.27. The Balaban J connectivity index is 3.30. The zero-order chi connectivity index (χ0) is 10.0. The Morgan fingerprint density at radius 2 is 2.15 bits per heavy atom. The number of rotatable bonds is 2. The minimum atomic E-state index is -0.947. The minimum Gasteiger partial charge on any atom is -0.478 e. The first kappa shape index (κ1) is 10.4. The van der Waals surface area contributed by atoms with Gasteiger partial charge in [0.25, 0.3) is 0 Å². The quantitative estimate of drug-likeness (QED) is 0.772. The van der Waals surface area contributed by atoms with Gasteiger partial charge >= 0.3 is 5.97 Å². The third-order valence-electron chi connectivity index (χ3n) is 1.76. The van der Waals surface area contributed by atoms with E-state index < -0.39 is 5.97 Å². The van der Waals surface area contributed by atoms with Crippen LogP contribution in [0.4, 0.5) is 0 Å². The molecule has 0 unspecified atom stereocenters. The molecule has 0 aliphatic rings. The second kappa shape index (κ2) is 4.03. The molecular weight excluding hydrogens is 208 g/mol. The van der Waals surface area contributed by atoms with Gasteiger partial charge in [0.15, 0.2) is 0 Å². The van der Waals surface area contributed by atoms with E-state index in [0.29, 0.717) is 5.02 Å². The molecule has 0 aliphatic heterocycles. The van der Waals surface area contributed by atoms with Crippen LogP contribution in [0.25, 0.3) is 0 Å². The lowest BCUT2D eigenvalue weighted by molar-refractivity contribution is 0.0696. The molecule has 0 fully saturated rings. The number of aromatic carboxylic acids is 1. The van der Waals surface area contributed by atoms with Crippen molar-refractivity contribution in [3.63, 3.8) is 0 Å². The number of halogens is 1. The van der Waals surface area contributed by atoms with Crippen molar-refractivity contribution in [2.45, 2.75) is 11.8 Å².